The van der Waals surface area contributed by atoms with E-state index in [4.69, 9.17) is 4.74 Å². The Hall–Kier alpha value is -0.960. The minimum Gasteiger partial charge on any atom is -0.465 e. The van der Waals surface area contributed by atoms with Gasteiger partial charge in [-0.3, -0.25) is 4.79 Å². The summed E-state index contributed by atoms with van der Waals surface area (Å²) in [4.78, 5) is 11.7. The minimum absolute atomic E-state index is 0.193. The topological polar surface area (TPSA) is 26.3 Å². The number of carbonyl (C=O) groups excluding carboxylic acids is 1. The smallest absolute Gasteiger partial charge is 0.319 e. The van der Waals surface area contributed by atoms with Crippen molar-refractivity contribution in [1.82, 2.24) is 0 Å². The van der Waals surface area contributed by atoms with E-state index < -0.39 is 0 Å². The predicted molar refractivity (Wildman–Crippen MR) is 75.8 cm³/mol. The number of carbonyl (C=O) groups is 1. The van der Waals surface area contributed by atoms with E-state index in [-0.39, 0.29) is 11.2 Å². The molecule has 1 saturated carbocycles. The van der Waals surface area contributed by atoms with Crippen molar-refractivity contribution in [2.24, 2.45) is 5.92 Å². The Bertz CT molecular complexity index is 373. The first-order valence-corrected chi connectivity index (χ1v) is 7.16. The van der Waals surface area contributed by atoms with Gasteiger partial charge in [0.2, 0.25) is 0 Å². The summed E-state index contributed by atoms with van der Waals surface area (Å²) in [7, 11) is 0. The molecule has 3 heteroatoms. The Balaban J connectivity index is 1.67. The maximum Gasteiger partial charge on any atom is 0.319 e. The average Bonchev–Trinajstić information content (AvgIpc) is 2.33. The van der Waals surface area contributed by atoms with Crippen LogP contribution in [0.25, 0.3) is 0 Å². The quantitative estimate of drug-likeness (QED) is 0.630. The van der Waals surface area contributed by atoms with Gasteiger partial charge in [-0.05, 0) is 24.3 Å². The lowest BCUT2D eigenvalue weighted by Crippen LogP contribution is -2.22. The molecule has 2 rings (SSSR count). The van der Waals surface area contributed by atoms with Crippen LogP contribution in [0.3, 0.4) is 0 Å². The van der Waals surface area contributed by atoms with Crippen LogP contribution in [0.15, 0.2) is 30.3 Å². The predicted octanol–water partition coefficient (Wildman–Crippen LogP) is 3.26. The first kappa shape index (κ1) is 13.5. The third-order valence-corrected chi connectivity index (χ3v) is 3.93. The van der Waals surface area contributed by atoms with Crippen molar-refractivity contribution in [2.75, 3.05) is 6.61 Å². The molecule has 1 unspecified atom stereocenters. The molecule has 1 aliphatic carbocycles. The fourth-order valence-electron chi connectivity index (χ4n) is 2.12. The highest BCUT2D eigenvalue weighted by Crippen LogP contribution is 2.29. The van der Waals surface area contributed by atoms with Gasteiger partial charge in [0.1, 0.15) is 5.25 Å². The number of rotatable bonds is 6. The van der Waals surface area contributed by atoms with E-state index >= 15 is 0 Å². The molecule has 0 amide bonds. The Morgan fingerprint density at radius 1 is 1.33 bits per heavy atom. The van der Waals surface area contributed by atoms with Gasteiger partial charge in [-0.1, -0.05) is 49.6 Å². The molecule has 98 valence electrons. The zero-order chi connectivity index (χ0) is 12.8. The van der Waals surface area contributed by atoms with Crippen LogP contribution in [0.5, 0.6) is 0 Å². The van der Waals surface area contributed by atoms with Gasteiger partial charge in [-0.25, -0.2) is 0 Å². The van der Waals surface area contributed by atoms with E-state index in [1.165, 1.54) is 19.3 Å². The maximum atomic E-state index is 11.7. The van der Waals surface area contributed by atoms with Gasteiger partial charge in [0.05, 0.1) is 6.61 Å². The number of ether oxygens (including phenoxy) is 1. The molecule has 0 heterocycles. The van der Waals surface area contributed by atoms with E-state index in [1.807, 2.05) is 30.3 Å². The summed E-state index contributed by atoms with van der Waals surface area (Å²) in [6, 6.07) is 9.92. The summed E-state index contributed by atoms with van der Waals surface area (Å²) >= 11 is 4.32. The standard InChI is InChI=1S/C15H20O2S/c16-15(17-10-9-12-7-4-8-12)14(18)11-13-5-2-1-3-6-13/h1-3,5-6,12,14,18H,4,7-11H2. The first-order chi connectivity index (χ1) is 8.75. The molecule has 18 heavy (non-hydrogen) atoms. The number of benzene rings is 1. The molecule has 0 bridgehead atoms. The highest BCUT2D eigenvalue weighted by atomic mass is 32.1. The van der Waals surface area contributed by atoms with E-state index in [9.17, 15) is 4.79 Å². The monoisotopic (exact) mass is 264 g/mol. The van der Waals surface area contributed by atoms with Crippen LogP contribution in [0.4, 0.5) is 0 Å². The molecule has 0 radical (unpaired) electrons. The molecule has 1 aromatic carbocycles. The van der Waals surface area contributed by atoms with Crippen LogP contribution >= 0.6 is 12.6 Å². The second-order valence-corrected chi connectivity index (χ2v) is 5.58. The summed E-state index contributed by atoms with van der Waals surface area (Å²) in [6.45, 7) is 0.551. The highest BCUT2D eigenvalue weighted by molar-refractivity contribution is 7.81. The maximum absolute atomic E-state index is 11.7. The lowest BCUT2D eigenvalue weighted by atomic mass is 9.83. The van der Waals surface area contributed by atoms with Crippen LogP contribution in [-0.2, 0) is 16.0 Å². The lowest BCUT2D eigenvalue weighted by molar-refractivity contribution is -0.143. The van der Waals surface area contributed by atoms with Crippen molar-refractivity contribution < 1.29 is 9.53 Å². The molecule has 1 aromatic rings. The molecule has 2 nitrogen and oxygen atoms in total. The minimum atomic E-state index is -0.353. The zero-order valence-electron chi connectivity index (χ0n) is 10.5. The fraction of sp³-hybridized carbons (Fsp3) is 0.533. The molecule has 0 aromatic heterocycles. The third kappa shape index (κ3) is 4.05. The summed E-state index contributed by atoms with van der Waals surface area (Å²) in [6.07, 6.45) is 5.57. The van der Waals surface area contributed by atoms with Crippen molar-refractivity contribution in [3.05, 3.63) is 35.9 Å². The van der Waals surface area contributed by atoms with Crippen molar-refractivity contribution >= 4 is 18.6 Å². The van der Waals surface area contributed by atoms with E-state index in [2.05, 4.69) is 12.6 Å². The summed E-state index contributed by atoms with van der Waals surface area (Å²) in [5.74, 6) is 0.590. The van der Waals surface area contributed by atoms with Crippen LogP contribution in [0.1, 0.15) is 31.2 Å². The van der Waals surface area contributed by atoms with Gasteiger partial charge < -0.3 is 4.74 Å². The molecule has 1 fully saturated rings. The van der Waals surface area contributed by atoms with Gasteiger partial charge in [0.15, 0.2) is 0 Å². The van der Waals surface area contributed by atoms with Crippen LogP contribution in [-0.4, -0.2) is 17.8 Å². The highest BCUT2D eigenvalue weighted by Gasteiger charge is 2.19. The normalized spacial score (nSPS) is 16.9. The second-order valence-electron chi connectivity index (χ2n) is 4.96. The van der Waals surface area contributed by atoms with E-state index in [0.29, 0.717) is 13.0 Å². The summed E-state index contributed by atoms with van der Waals surface area (Å²) < 4.78 is 5.27. The van der Waals surface area contributed by atoms with Crippen molar-refractivity contribution in [1.29, 1.82) is 0 Å². The Morgan fingerprint density at radius 2 is 2.06 bits per heavy atom. The van der Waals surface area contributed by atoms with Gasteiger partial charge >= 0.3 is 5.97 Å². The van der Waals surface area contributed by atoms with Gasteiger partial charge in [-0.15, -0.1) is 0 Å². The number of thiol groups is 1. The van der Waals surface area contributed by atoms with Crippen molar-refractivity contribution in [3.63, 3.8) is 0 Å². The van der Waals surface area contributed by atoms with Crippen molar-refractivity contribution in [2.45, 2.75) is 37.4 Å². The molecule has 0 saturated heterocycles. The van der Waals surface area contributed by atoms with Crippen LogP contribution in [0.2, 0.25) is 0 Å². The molecule has 1 aliphatic rings. The van der Waals surface area contributed by atoms with E-state index in [0.717, 1.165) is 17.9 Å². The van der Waals surface area contributed by atoms with Crippen LogP contribution in [0, 0.1) is 5.92 Å². The molecular formula is C15H20O2S. The van der Waals surface area contributed by atoms with Gasteiger partial charge in [0, 0.05) is 0 Å². The molecule has 0 N–H and O–H groups in total. The molecular weight excluding hydrogens is 244 g/mol. The molecule has 1 atom stereocenters. The molecule has 0 spiro atoms. The largest absolute Gasteiger partial charge is 0.465 e. The van der Waals surface area contributed by atoms with Crippen LogP contribution < -0.4 is 0 Å². The zero-order valence-corrected chi connectivity index (χ0v) is 11.4. The number of esters is 1. The summed E-state index contributed by atoms with van der Waals surface area (Å²) in [5, 5.41) is -0.353. The van der Waals surface area contributed by atoms with E-state index in [1.54, 1.807) is 0 Å². The summed E-state index contributed by atoms with van der Waals surface area (Å²) in [5.41, 5.74) is 1.12. The van der Waals surface area contributed by atoms with Crippen molar-refractivity contribution in [3.8, 4) is 0 Å². The Labute approximate surface area is 114 Å². The number of hydrogen-bond acceptors (Lipinski definition) is 3. The van der Waals surface area contributed by atoms with Gasteiger partial charge in [0.25, 0.3) is 0 Å². The lowest BCUT2D eigenvalue weighted by Gasteiger charge is -2.25. The number of hydrogen-bond donors (Lipinski definition) is 1. The average molecular weight is 264 g/mol. The Kier molecular flexibility index (Phi) is 5.12. The van der Waals surface area contributed by atoms with Gasteiger partial charge in [-0.2, -0.15) is 12.6 Å². The Morgan fingerprint density at radius 3 is 2.67 bits per heavy atom. The third-order valence-electron chi connectivity index (χ3n) is 3.54. The molecule has 0 aliphatic heterocycles. The second kappa shape index (κ2) is 6.83. The fourth-order valence-corrected chi connectivity index (χ4v) is 2.41. The first-order valence-electron chi connectivity index (χ1n) is 6.64. The SMILES string of the molecule is O=C(OCCC1CCC1)C(S)Cc1ccccc1.